The quantitative estimate of drug-likeness (QED) is 0.878. The van der Waals surface area contributed by atoms with E-state index in [0.717, 1.165) is 5.69 Å². The molecule has 0 radical (unpaired) electrons. The number of nitrogens with one attached hydrogen (secondary N) is 1. The first-order valence-corrected chi connectivity index (χ1v) is 6.50. The molecule has 0 aliphatic carbocycles. The van der Waals surface area contributed by atoms with Gasteiger partial charge in [-0.05, 0) is 6.42 Å². The Labute approximate surface area is 114 Å². The van der Waals surface area contributed by atoms with Crippen LogP contribution in [0.1, 0.15) is 23.9 Å². The summed E-state index contributed by atoms with van der Waals surface area (Å²) < 4.78 is 14.3. The number of aromatic amines is 1. The monoisotopic (exact) mass is 275 g/mol. The van der Waals surface area contributed by atoms with Crippen molar-refractivity contribution < 1.29 is 4.39 Å². The maximum absolute atomic E-state index is 14.3. The number of nitrogens with zero attached hydrogens (tertiary/aromatic N) is 4. The van der Waals surface area contributed by atoms with Crippen LogP contribution in [0.25, 0.3) is 0 Å². The number of aromatic nitrogens is 4. The van der Waals surface area contributed by atoms with Gasteiger partial charge in [0.2, 0.25) is 0 Å². The summed E-state index contributed by atoms with van der Waals surface area (Å²) in [4.78, 5) is 28.2. The summed E-state index contributed by atoms with van der Waals surface area (Å²) >= 11 is 0. The molecule has 0 atom stereocenters. The Bertz CT molecular complexity index is 699. The van der Waals surface area contributed by atoms with Gasteiger partial charge in [0.25, 0.3) is 5.56 Å². The summed E-state index contributed by atoms with van der Waals surface area (Å²) in [5.74, 6) is -0.149. The van der Waals surface area contributed by atoms with Gasteiger partial charge in [0.1, 0.15) is 6.33 Å². The van der Waals surface area contributed by atoms with E-state index >= 15 is 0 Å². The highest BCUT2D eigenvalue weighted by Crippen LogP contribution is 2.23. The summed E-state index contributed by atoms with van der Waals surface area (Å²) in [6.07, 6.45) is 3.87. The van der Waals surface area contributed by atoms with Gasteiger partial charge in [-0.2, -0.15) is 0 Å². The van der Waals surface area contributed by atoms with Crippen molar-refractivity contribution in [3.05, 3.63) is 45.8 Å². The third-order valence-electron chi connectivity index (χ3n) is 3.48. The molecule has 0 fully saturated rings. The number of aryl methyl sites for hydroxylation is 1. The van der Waals surface area contributed by atoms with Crippen LogP contribution in [-0.2, 0) is 19.4 Å². The van der Waals surface area contributed by atoms with Crippen molar-refractivity contribution in [3.8, 4) is 0 Å². The molecule has 1 N–H and O–H groups in total. The molecule has 0 spiro atoms. The van der Waals surface area contributed by atoms with Crippen molar-refractivity contribution in [2.45, 2.75) is 26.3 Å². The minimum absolute atomic E-state index is 0.176. The van der Waals surface area contributed by atoms with Crippen molar-refractivity contribution in [3.63, 3.8) is 0 Å². The molecule has 0 unspecified atom stereocenters. The second kappa shape index (κ2) is 4.99. The number of anilines is 1. The van der Waals surface area contributed by atoms with Gasteiger partial charge in [-0.15, -0.1) is 0 Å². The van der Waals surface area contributed by atoms with Crippen LogP contribution in [0, 0.1) is 5.82 Å². The average molecular weight is 275 g/mol. The maximum Gasteiger partial charge on any atom is 0.255 e. The standard InChI is InChI=1S/C13H14FN5O/c1-2-9-11(14)12(17-6-15-9)19-4-3-10-8(5-19)13(20)18-7-16-10/h6-7H,2-5H2,1H3,(H,16,18,20). The zero-order chi connectivity index (χ0) is 14.1. The molecule has 6 nitrogen and oxygen atoms in total. The van der Waals surface area contributed by atoms with Gasteiger partial charge in [0.05, 0.1) is 29.8 Å². The number of hydrogen-bond acceptors (Lipinski definition) is 5. The molecule has 3 rings (SSSR count). The lowest BCUT2D eigenvalue weighted by atomic mass is 10.1. The van der Waals surface area contributed by atoms with Crippen molar-refractivity contribution >= 4 is 5.82 Å². The fourth-order valence-electron chi connectivity index (χ4n) is 2.40. The van der Waals surface area contributed by atoms with Gasteiger partial charge < -0.3 is 9.88 Å². The van der Waals surface area contributed by atoms with E-state index in [1.54, 1.807) is 4.90 Å². The molecule has 0 amide bonds. The van der Waals surface area contributed by atoms with Gasteiger partial charge in [-0.1, -0.05) is 6.92 Å². The first-order chi connectivity index (χ1) is 9.70. The Kier molecular flexibility index (Phi) is 3.17. The molecule has 1 aliphatic heterocycles. The fourth-order valence-corrected chi connectivity index (χ4v) is 2.40. The van der Waals surface area contributed by atoms with E-state index in [-0.39, 0.29) is 11.4 Å². The van der Waals surface area contributed by atoms with Gasteiger partial charge >= 0.3 is 0 Å². The summed E-state index contributed by atoms with van der Waals surface area (Å²) in [5.41, 5.74) is 1.57. The minimum atomic E-state index is -0.404. The maximum atomic E-state index is 14.3. The van der Waals surface area contributed by atoms with Crippen molar-refractivity contribution in [2.75, 3.05) is 11.4 Å². The topological polar surface area (TPSA) is 74.8 Å². The van der Waals surface area contributed by atoms with Crippen LogP contribution < -0.4 is 10.5 Å². The number of fused-ring (bicyclic) bond motifs is 1. The predicted molar refractivity (Wildman–Crippen MR) is 71.0 cm³/mol. The molecule has 0 bridgehead atoms. The highest BCUT2D eigenvalue weighted by atomic mass is 19.1. The smallest absolute Gasteiger partial charge is 0.255 e. The Balaban J connectivity index is 1.98. The van der Waals surface area contributed by atoms with E-state index < -0.39 is 5.82 Å². The molecule has 0 aromatic carbocycles. The summed E-state index contributed by atoms with van der Waals surface area (Å²) in [6.45, 7) is 2.74. The van der Waals surface area contributed by atoms with E-state index in [1.807, 2.05) is 6.92 Å². The number of rotatable bonds is 2. The first kappa shape index (κ1) is 12.7. The highest BCUT2D eigenvalue weighted by Gasteiger charge is 2.24. The van der Waals surface area contributed by atoms with E-state index in [4.69, 9.17) is 0 Å². The largest absolute Gasteiger partial charge is 0.349 e. The summed E-state index contributed by atoms with van der Waals surface area (Å²) in [5, 5.41) is 0. The van der Waals surface area contributed by atoms with E-state index in [9.17, 15) is 9.18 Å². The molecule has 104 valence electrons. The van der Waals surface area contributed by atoms with Gasteiger partial charge in [0.15, 0.2) is 11.6 Å². The Morgan fingerprint density at radius 1 is 1.40 bits per heavy atom. The number of H-pyrrole nitrogens is 1. The fraction of sp³-hybridized carbons (Fsp3) is 0.385. The van der Waals surface area contributed by atoms with Crippen molar-refractivity contribution in [1.29, 1.82) is 0 Å². The molecule has 0 saturated carbocycles. The molecular weight excluding hydrogens is 261 g/mol. The Morgan fingerprint density at radius 3 is 3.05 bits per heavy atom. The molecule has 1 aliphatic rings. The minimum Gasteiger partial charge on any atom is -0.349 e. The third-order valence-corrected chi connectivity index (χ3v) is 3.48. The zero-order valence-electron chi connectivity index (χ0n) is 11.1. The lowest BCUT2D eigenvalue weighted by Gasteiger charge is -2.28. The van der Waals surface area contributed by atoms with Crippen LogP contribution in [0.4, 0.5) is 10.2 Å². The first-order valence-electron chi connectivity index (χ1n) is 6.50. The Hall–Kier alpha value is -2.31. The molecule has 2 aromatic rings. The number of halogens is 1. The van der Waals surface area contributed by atoms with Crippen LogP contribution in [0.5, 0.6) is 0 Å². The van der Waals surface area contributed by atoms with E-state index in [0.29, 0.717) is 37.2 Å². The third kappa shape index (κ3) is 2.04. The van der Waals surface area contributed by atoms with Gasteiger partial charge in [-0.3, -0.25) is 4.79 Å². The second-order valence-electron chi connectivity index (χ2n) is 4.64. The lowest BCUT2D eigenvalue weighted by molar-refractivity contribution is 0.574. The average Bonchev–Trinajstić information content (AvgIpc) is 2.48. The van der Waals surface area contributed by atoms with Crippen LogP contribution in [-0.4, -0.2) is 26.5 Å². The van der Waals surface area contributed by atoms with Crippen LogP contribution >= 0.6 is 0 Å². The van der Waals surface area contributed by atoms with E-state index in [1.165, 1.54) is 12.7 Å². The highest BCUT2D eigenvalue weighted by molar-refractivity contribution is 5.44. The van der Waals surface area contributed by atoms with Gasteiger partial charge in [0, 0.05) is 13.0 Å². The van der Waals surface area contributed by atoms with Gasteiger partial charge in [-0.25, -0.2) is 19.3 Å². The molecule has 0 saturated heterocycles. The predicted octanol–water partition coefficient (Wildman–Crippen LogP) is 0.824. The molecule has 20 heavy (non-hydrogen) atoms. The molecule has 3 heterocycles. The second-order valence-corrected chi connectivity index (χ2v) is 4.64. The summed E-state index contributed by atoms with van der Waals surface area (Å²) in [7, 11) is 0. The molecular formula is C13H14FN5O. The van der Waals surface area contributed by atoms with Crippen molar-refractivity contribution in [2.24, 2.45) is 0 Å². The zero-order valence-corrected chi connectivity index (χ0v) is 11.1. The number of hydrogen-bond donors (Lipinski definition) is 1. The molecule has 7 heteroatoms. The Morgan fingerprint density at radius 2 is 2.25 bits per heavy atom. The lowest BCUT2D eigenvalue weighted by Crippen LogP contribution is -2.36. The van der Waals surface area contributed by atoms with Crippen LogP contribution in [0.2, 0.25) is 0 Å². The van der Waals surface area contributed by atoms with Crippen LogP contribution in [0.3, 0.4) is 0 Å². The SMILES string of the molecule is CCc1ncnc(N2CCc3nc[nH]c(=O)c3C2)c1F. The van der Waals surface area contributed by atoms with Crippen molar-refractivity contribution in [1.82, 2.24) is 19.9 Å². The van der Waals surface area contributed by atoms with E-state index in [2.05, 4.69) is 19.9 Å². The molecule has 2 aromatic heterocycles. The normalized spacial score (nSPS) is 14.2. The van der Waals surface area contributed by atoms with Crippen LogP contribution in [0.15, 0.2) is 17.4 Å². The summed E-state index contributed by atoms with van der Waals surface area (Å²) in [6, 6.07) is 0.